The van der Waals surface area contributed by atoms with Gasteiger partial charge in [0.15, 0.2) is 0 Å². The molecule has 6 heteroatoms. The number of allylic oxidation sites excluding steroid dienone is 1. The first kappa shape index (κ1) is 19.4. The van der Waals surface area contributed by atoms with E-state index >= 15 is 0 Å². The van der Waals surface area contributed by atoms with E-state index in [9.17, 15) is 14.4 Å². The number of nitrogens with zero attached hydrogens (tertiary/aromatic N) is 2. The summed E-state index contributed by atoms with van der Waals surface area (Å²) in [6.45, 7) is 6.08. The maximum absolute atomic E-state index is 13.4. The molecule has 4 rings (SSSR count). The van der Waals surface area contributed by atoms with Crippen LogP contribution in [0, 0.1) is 5.92 Å². The van der Waals surface area contributed by atoms with Crippen LogP contribution in [-0.2, 0) is 20.8 Å². The van der Waals surface area contributed by atoms with E-state index in [4.69, 9.17) is 0 Å². The summed E-state index contributed by atoms with van der Waals surface area (Å²) in [5, 5.41) is 1.13. The van der Waals surface area contributed by atoms with Crippen molar-refractivity contribution in [2.75, 3.05) is 13.6 Å². The molecule has 1 N–H and O–H groups in total. The molecule has 29 heavy (non-hydrogen) atoms. The van der Waals surface area contributed by atoms with Crippen LogP contribution in [0.4, 0.5) is 0 Å². The first-order valence-electron chi connectivity index (χ1n) is 10.2. The van der Waals surface area contributed by atoms with Gasteiger partial charge < -0.3 is 9.88 Å². The molecule has 0 fully saturated rings. The number of imide groups is 1. The molecule has 0 saturated carbocycles. The number of H-pyrrole nitrogens is 1. The first-order valence-corrected chi connectivity index (χ1v) is 10.2. The number of likely N-dealkylation sites (N-methyl/N-ethyl adjacent to an activating group) is 1. The molecule has 1 aromatic heterocycles. The molecule has 2 unspecified atom stereocenters. The summed E-state index contributed by atoms with van der Waals surface area (Å²) in [7, 11) is 1.54. The van der Waals surface area contributed by atoms with Crippen molar-refractivity contribution in [2.24, 2.45) is 5.92 Å². The standard InChI is InChI=1S/C23H27N3O3/c1-5-15-12-19(28)25(4)23(29)20(13(15)2)22-21-17(10-11-26(22)14(3)27)16-8-6-7-9-18(16)24-21/h6-9,15,22,24H,5,10-12H2,1-4H3. The topological polar surface area (TPSA) is 73.5 Å². The summed E-state index contributed by atoms with van der Waals surface area (Å²) in [6, 6.07) is 7.57. The van der Waals surface area contributed by atoms with Crippen LogP contribution >= 0.6 is 0 Å². The Morgan fingerprint density at radius 1 is 1.24 bits per heavy atom. The van der Waals surface area contributed by atoms with Crippen molar-refractivity contribution in [3.05, 3.63) is 46.7 Å². The molecule has 0 saturated heterocycles. The van der Waals surface area contributed by atoms with E-state index < -0.39 is 6.04 Å². The fraction of sp³-hybridized carbons (Fsp3) is 0.435. The van der Waals surface area contributed by atoms with Gasteiger partial charge in [0, 0.05) is 49.1 Å². The third-order valence-corrected chi connectivity index (χ3v) is 6.57. The molecule has 152 valence electrons. The number of hydrogen-bond acceptors (Lipinski definition) is 3. The number of amides is 3. The van der Waals surface area contributed by atoms with Crippen LogP contribution in [0.1, 0.15) is 50.9 Å². The van der Waals surface area contributed by atoms with Gasteiger partial charge in [-0.3, -0.25) is 19.3 Å². The summed E-state index contributed by atoms with van der Waals surface area (Å²) in [5.41, 5.74) is 4.53. The molecule has 3 heterocycles. The van der Waals surface area contributed by atoms with E-state index in [1.165, 1.54) is 4.90 Å². The lowest BCUT2D eigenvalue weighted by Gasteiger charge is -2.37. The number of fused-ring (bicyclic) bond motifs is 3. The Balaban J connectivity index is 1.98. The summed E-state index contributed by atoms with van der Waals surface area (Å²) >= 11 is 0. The van der Waals surface area contributed by atoms with Crippen LogP contribution in [0.3, 0.4) is 0 Å². The summed E-state index contributed by atoms with van der Waals surface area (Å²) in [6.07, 6.45) is 1.83. The van der Waals surface area contributed by atoms with Gasteiger partial charge in [0.2, 0.25) is 11.8 Å². The summed E-state index contributed by atoms with van der Waals surface area (Å²) in [4.78, 5) is 45.0. The van der Waals surface area contributed by atoms with Crippen LogP contribution in [0.15, 0.2) is 35.4 Å². The van der Waals surface area contributed by atoms with Gasteiger partial charge >= 0.3 is 0 Å². The van der Waals surface area contributed by atoms with Crippen LogP contribution in [-0.4, -0.2) is 46.1 Å². The van der Waals surface area contributed by atoms with Crippen molar-refractivity contribution in [1.29, 1.82) is 0 Å². The van der Waals surface area contributed by atoms with Gasteiger partial charge in [0.05, 0.1) is 0 Å². The maximum atomic E-state index is 13.4. The molecule has 0 aliphatic carbocycles. The maximum Gasteiger partial charge on any atom is 0.258 e. The molecule has 0 radical (unpaired) electrons. The smallest absolute Gasteiger partial charge is 0.258 e. The van der Waals surface area contributed by atoms with Crippen molar-refractivity contribution in [2.45, 2.75) is 46.1 Å². The first-order chi connectivity index (χ1) is 13.8. The Morgan fingerprint density at radius 3 is 2.66 bits per heavy atom. The Labute approximate surface area is 170 Å². The zero-order chi connectivity index (χ0) is 20.9. The van der Waals surface area contributed by atoms with E-state index in [1.54, 1.807) is 18.9 Å². The van der Waals surface area contributed by atoms with Gasteiger partial charge in [-0.25, -0.2) is 0 Å². The van der Waals surface area contributed by atoms with Gasteiger partial charge in [-0.15, -0.1) is 0 Å². The molecule has 0 bridgehead atoms. The Hall–Kier alpha value is -2.89. The van der Waals surface area contributed by atoms with E-state index in [0.29, 0.717) is 18.5 Å². The minimum absolute atomic E-state index is 0.00466. The molecule has 1 aromatic carbocycles. The zero-order valence-corrected chi connectivity index (χ0v) is 17.4. The molecule has 0 spiro atoms. The monoisotopic (exact) mass is 393 g/mol. The SMILES string of the molecule is CCC1CC(=O)N(C)C(=O)C(C2c3[nH]c4ccccc4c3CCN2C(C)=O)=C1C. The number of carbonyl (C=O) groups is 3. The van der Waals surface area contributed by atoms with Crippen molar-refractivity contribution in [1.82, 2.24) is 14.8 Å². The average molecular weight is 393 g/mol. The highest BCUT2D eigenvalue weighted by Crippen LogP contribution is 2.42. The fourth-order valence-corrected chi connectivity index (χ4v) is 4.85. The fourth-order valence-electron chi connectivity index (χ4n) is 4.85. The Bertz CT molecular complexity index is 1050. The van der Waals surface area contributed by atoms with Gasteiger partial charge in [0.25, 0.3) is 5.91 Å². The van der Waals surface area contributed by atoms with Crippen molar-refractivity contribution in [3.63, 3.8) is 0 Å². The van der Waals surface area contributed by atoms with Crippen molar-refractivity contribution >= 4 is 28.6 Å². The second-order valence-corrected chi connectivity index (χ2v) is 8.09. The second kappa shape index (κ2) is 7.17. The van der Waals surface area contributed by atoms with E-state index in [2.05, 4.69) is 11.1 Å². The molecule has 2 atom stereocenters. The molecule has 2 aliphatic heterocycles. The highest BCUT2D eigenvalue weighted by atomic mass is 16.2. The number of benzene rings is 1. The van der Waals surface area contributed by atoms with Gasteiger partial charge in [-0.1, -0.05) is 30.7 Å². The van der Waals surface area contributed by atoms with E-state index in [0.717, 1.165) is 40.6 Å². The molecule has 6 nitrogen and oxygen atoms in total. The third-order valence-electron chi connectivity index (χ3n) is 6.57. The second-order valence-electron chi connectivity index (χ2n) is 8.09. The average Bonchev–Trinajstić information content (AvgIpc) is 3.06. The number of rotatable bonds is 2. The molecular formula is C23H27N3O3. The van der Waals surface area contributed by atoms with Gasteiger partial charge in [-0.05, 0) is 37.3 Å². The summed E-state index contributed by atoms with van der Waals surface area (Å²) < 4.78 is 0. The molecule has 3 amide bonds. The Kier molecular flexibility index (Phi) is 4.81. The number of hydrogen-bond donors (Lipinski definition) is 1. The normalized spacial score (nSPS) is 22.9. The van der Waals surface area contributed by atoms with Gasteiger partial charge in [0.1, 0.15) is 6.04 Å². The van der Waals surface area contributed by atoms with E-state index in [1.807, 2.05) is 32.0 Å². The molecule has 2 aliphatic rings. The minimum atomic E-state index is -0.501. The molecule has 2 aromatic rings. The number of para-hydroxylation sites is 1. The van der Waals surface area contributed by atoms with Crippen molar-refractivity contribution in [3.8, 4) is 0 Å². The third kappa shape index (κ3) is 2.98. The predicted octanol–water partition coefficient (Wildman–Crippen LogP) is 3.35. The molecular weight excluding hydrogens is 366 g/mol. The van der Waals surface area contributed by atoms with Crippen molar-refractivity contribution < 1.29 is 14.4 Å². The number of carbonyl (C=O) groups excluding carboxylic acids is 3. The highest BCUT2D eigenvalue weighted by Gasteiger charge is 2.42. The minimum Gasteiger partial charge on any atom is -0.356 e. The van der Waals surface area contributed by atoms with Crippen LogP contribution in [0.25, 0.3) is 10.9 Å². The van der Waals surface area contributed by atoms with Crippen LogP contribution in [0.2, 0.25) is 0 Å². The highest BCUT2D eigenvalue weighted by molar-refractivity contribution is 6.07. The summed E-state index contributed by atoms with van der Waals surface area (Å²) in [5.74, 6) is -0.543. The van der Waals surface area contributed by atoms with Gasteiger partial charge in [-0.2, -0.15) is 0 Å². The zero-order valence-electron chi connectivity index (χ0n) is 17.4. The lowest BCUT2D eigenvalue weighted by molar-refractivity contribution is -0.141. The quantitative estimate of drug-likeness (QED) is 0.796. The number of nitrogens with one attached hydrogen (secondary N) is 1. The lowest BCUT2D eigenvalue weighted by Crippen LogP contribution is -2.43. The number of aromatic nitrogens is 1. The largest absolute Gasteiger partial charge is 0.356 e. The van der Waals surface area contributed by atoms with Crippen LogP contribution in [0.5, 0.6) is 0 Å². The predicted molar refractivity (Wildman–Crippen MR) is 111 cm³/mol. The number of aromatic amines is 1. The van der Waals surface area contributed by atoms with Crippen LogP contribution < -0.4 is 0 Å². The lowest BCUT2D eigenvalue weighted by atomic mass is 9.84. The van der Waals surface area contributed by atoms with E-state index in [-0.39, 0.29) is 23.6 Å². The Morgan fingerprint density at radius 2 is 1.97 bits per heavy atom.